The van der Waals surface area contributed by atoms with Crippen molar-refractivity contribution in [1.29, 1.82) is 0 Å². The van der Waals surface area contributed by atoms with Crippen LogP contribution in [0.25, 0.3) is 0 Å². The Kier molecular flexibility index (Phi) is 4.82. The molecule has 1 N–H and O–H groups in total. The zero-order chi connectivity index (χ0) is 18.8. The number of urea groups is 1. The molecule has 0 aliphatic carbocycles. The van der Waals surface area contributed by atoms with Crippen molar-refractivity contribution in [2.45, 2.75) is 23.8 Å². The topological polar surface area (TPSA) is 83.6 Å². The van der Waals surface area contributed by atoms with E-state index in [-0.39, 0.29) is 29.5 Å². The molecule has 136 valence electrons. The molecular weight excluding hydrogens is 352 g/mol. The fourth-order valence-electron chi connectivity index (χ4n) is 3.03. The second-order valence-corrected chi connectivity index (χ2v) is 8.47. The van der Waals surface area contributed by atoms with E-state index >= 15 is 0 Å². The van der Waals surface area contributed by atoms with Gasteiger partial charge in [-0.25, -0.2) is 13.2 Å². The van der Waals surface area contributed by atoms with E-state index in [4.69, 9.17) is 0 Å². The minimum absolute atomic E-state index is 0.0547. The number of carbonyl (C=O) groups excluding carboxylic acids is 2. The van der Waals surface area contributed by atoms with Gasteiger partial charge in [-0.2, -0.15) is 0 Å². The first kappa shape index (κ1) is 18.1. The largest absolute Gasteiger partial charge is 0.325 e. The molecule has 1 aliphatic rings. The zero-order valence-electron chi connectivity index (χ0n) is 14.4. The lowest BCUT2D eigenvalue weighted by molar-refractivity contribution is -0.131. The van der Waals surface area contributed by atoms with Crippen LogP contribution in [0.5, 0.6) is 0 Å². The number of imide groups is 1. The van der Waals surface area contributed by atoms with Crippen LogP contribution in [0.2, 0.25) is 0 Å². The number of nitrogens with one attached hydrogen (secondary N) is 1. The number of hydrogen-bond donors (Lipinski definition) is 1. The first-order valence-electron chi connectivity index (χ1n) is 8.32. The second kappa shape index (κ2) is 6.92. The van der Waals surface area contributed by atoms with E-state index in [1.165, 1.54) is 12.1 Å². The van der Waals surface area contributed by atoms with Crippen LogP contribution in [0.4, 0.5) is 4.79 Å². The van der Waals surface area contributed by atoms with Gasteiger partial charge in [0.2, 0.25) is 0 Å². The molecule has 2 aromatic carbocycles. The number of rotatable bonds is 6. The van der Waals surface area contributed by atoms with Gasteiger partial charge in [0.25, 0.3) is 5.91 Å². The lowest BCUT2D eigenvalue weighted by Gasteiger charge is -2.22. The number of sulfone groups is 1. The second-order valence-electron chi connectivity index (χ2n) is 6.36. The van der Waals surface area contributed by atoms with Crippen molar-refractivity contribution in [1.82, 2.24) is 10.2 Å². The van der Waals surface area contributed by atoms with Crippen LogP contribution in [0, 0.1) is 0 Å². The van der Waals surface area contributed by atoms with Gasteiger partial charge in [-0.15, -0.1) is 0 Å². The molecule has 1 fully saturated rings. The predicted octanol–water partition coefficient (Wildman–Crippen LogP) is 2.32. The summed E-state index contributed by atoms with van der Waals surface area (Å²) in [6, 6.07) is 16.6. The average Bonchev–Trinajstić information content (AvgIpc) is 2.87. The summed E-state index contributed by atoms with van der Waals surface area (Å²) in [5, 5.41) is 2.71. The van der Waals surface area contributed by atoms with Crippen molar-refractivity contribution in [3.8, 4) is 0 Å². The highest BCUT2D eigenvalue weighted by molar-refractivity contribution is 7.91. The third-order valence-corrected chi connectivity index (χ3v) is 6.34. The van der Waals surface area contributed by atoms with Gasteiger partial charge in [0.15, 0.2) is 9.84 Å². The highest BCUT2D eigenvalue weighted by atomic mass is 32.2. The van der Waals surface area contributed by atoms with E-state index in [0.717, 1.165) is 4.90 Å². The van der Waals surface area contributed by atoms with E-state index in [2.05, 4.69) is 5.32 Å². The lowest BCUT2D eigenvalue weighted by atomic mass is 9.92. The van der Waals surface area contributed by atoms with Gasteiger partial charge in [0.1, 0.15) is 5.54 Å². The molecule has 2 aromatic rings. The number of amides is 3. The van der Waals surface area contributed by atoms with Gasteiger partial charge in [0.05, 0.1) is 10.6 Å². The molecule has 1 atom stereocenters. The summed E-state index contributed by atoms with van der Waals surface area (Å²) in [7, 11) is -3.44. The molecule has 0 bridgehead atoms. The van der Waals surface area contributed by atoms with E-state index in [1.54, 1.807) is 49.4 Å². The van der Waals surface area contributed by atoms with Crippen LogP contribution in [0.3, 0.4) is 0 Å². The molecule has 3 rings (SSSR count). The van der Waals surface area contributed by atoms with Gasteiger partial charge in [-0.3, -0.25) is 9.69 Å². The molecule has 3 amide bonds. The first-order valence-corrected chi connectivity index (χ1v) is 9.97. The average molecular weight is 372 g/mol. The Bertz CT molecular complexity index is 913. The monoisotopic (exact) mass is 372 g/mol. The fraction of sp³-hybridized carbons (Fsp3) is 0.263. The highest BCUT2D eigenvalue weighted by Gasteiger charge is 2.48. The summed E-state index contributed by atoms with van der Waals surface area (Å²) in [6.45, 7) is 1.71. The van der Waals surface area contributed by atoms with Crippen LogP contribution in [0.15, 0.2) is 65.6 Å². The smallest absolute Gasteiger partial charge is 0.319 e. The van der Waals surface area contributed by atoms with Crippen molar-refractivity contribution in [2.75, 3.05) is 12.3 Å². The third-order valence-electron chi connectivity index (χ3n) is 4.52. The molecular formula is C19H20N2O4S. The molecule has 0 spiro atoms. The minimum atomic E-state index is -3.44. The van der Waals surface area contributed by atoms with Crippen LogP contribution >= 0.6 is 0 Å². The standard InChI is InChI=1S/C19H20N2O4S/c1-19(15-9-4-2-5-10-15)17(22)21(18(23)20-19)13-8-14-26(24,25)16-11-6-3-7-12-16/h2-7,9-12H,8,13-14H2,1H3,(H,20,23). The first-order chi connectivity index (χ1) is 12.3. The van der Waals surface area contributed by atoms with Crippen molar-refractivity contribution in [3.63, 3.8) is 0 Å². The Hall–Kier alpha value is -2.67. The van der Waals surface area contributed by atoms with Gasteiger partial charge in [-0.05, 0) is 31.0 Å². The van der Waals surface area contributed by atoms with Crippen molar-refractivity contribution >= 4 is 21.8 Å². The zero-order valence-corrected chi connectivity index (χ0v) is 15.2. The quantitative estimate of drug-likeness (QED) is 0.789. The summed E-state index contributed by atoms with van der Waals surface area (Å²) >= 11 is 0. The van der Waals surface area contributed by atoms with E-state index in [0.29, 0.717) is 5.56 Å². The van der Waals surface area contributed by atoms with Gasteiger partial charge >= 0.3 is 6.03 Å². The third kappa shape index (κ3) is 3.35. The van der Waals surface area contributed by atoms with Crippen LogP contribution in [-0.4, -0.2) is 37.6 Å². The fourth-order valence-corrected chi connectivity index (χ4v) is 4.34. The Morgan fingerprint density at radius 2 is 1.54 bits per heavy atom. The molecule has 0 radical (unpaired) electrons. The van der Waals surface area contributed by atoms with Crippen molar-refractivity contribution < 1.29 is 18.0 Å². The summed E-state index contributed by atoms with van der Waals surface area (Å²) in [6.07, 6.45) is 0.182. The summed E-state index contributed by atoms with van der Waals surface area (Å²) in [4.78, 5) is 26.3. The summed E-state index contributed by atoms with van der Waals surface area (Å²) in [5.74, 6) is -0.498. The van der Waals surface area contributed by atoms with Crippen molar-refractivity contribution in [2.24, 2.45) is 0 Å². The Morgan fingerprint density at radius 3 is 2.15 bits per heavy atom. The molecule has 1 unspecified atom stereocenters. The molecule has 7 heteroatoms. The molecule has 1 saturated heterocycles. The van der Waals surface area contributed by atoms with E-state index < -0.39 is 21.4 Å². The lowest BCUT2D eigenvalue weighted by Crippen LogP contribution is -2.41. The van der Waals surface area contributed by atoms with Gasteiger partial charge < -0.3 is 5.32 Å². The van der Waals surface area contributed by atoms with E-state index in [9.17, 15) is 18.0 Å². The maximum Gasteiger partial charge on any atom is 0.325 e. The summed E-state index contributed by atoms with van der Waals surface area (Å²) in [5.41, 5.74) is -0.436. The van der Waals surface area contributed by atoms with Crippen LogP contribution in [0.1, 0.15) is 18.9 Å². The Morgan fingerprint density at radius 1 is 0.962 bits per heavy atom. The highest BCUT2D eigenvalue weighted by Crippen LogP contribution is 2.28. The maximum absolute atomic E-state index is 12.8. The molecule has 1 aliphatic heterocycles. The number of hydrogen-bond acceptors (Lipinski definition) is 4. The normalized spacial score (nSPS) is 20.3. The Balaban J connectivity index is 1.68. The maximum atomic E-state index is 12.8. The van der Waals surface area contributed by atoms with Crippen molar-refractivity contribution in [3.05, 3.63) is 66.2 Å². The van der Waals surface area contributed by atoms with Crippen LogP contribution < -0.4 is 5.32 Å². The number of nitrogens with zero attached hydrogens (tertiary/aromatic N) is 1. The van der Waals surface area contributed by atoms with E-state index in [1.807, 2.05) is 6.07 Å². The summed E-state index contributed by atoms with van der Waals surface area (Å²) < 4.78 is 24.6. The Labute approximate surface area is 152 Å². The number of benzene rings is 2. The molecule has 0 aromatic heterocycles. The van der Waals surface area contributed by atoms with Crippen LogP contribution in [-0.2, 0) is 20.2 Å². The minimum Gasteiger partial charge on any atom is -0.319 e. The molecule has 1 heterocycles. The SMILES string of the molecule is CC1(c2ccccc2)NC(=O)N(CCCS(=O)(=O)c2ccccc2)C1=O. The number of carbonyl (C=O) groups is 2. The molecule has 6 nitrogen and oxygen atoms in total. The molecule has 26 heavy (non-hydrogen) atoms. The molecule has 0 saturated carbocycles. The van der Waals surface area contributed by atoms with Gasteiger partial charge in [-0.1, -0.05) is 48.5 Å². The van der Waals surface area contributed by atoms with Gasteiger partial charge in [0, 0.05) is 6.54 Å². The predicted molar refractivity (Wildman–Crippen MR) is 97.2 cm³/mol.